The number of hydrogen-bond acceptors (Lipinski definition) is 6. The predicted octanol–water partition coefficient (Wildman–Crippen LogP) is 2.62. The van der Waals surface area contributed by atoms with E-state index < -0.39 is 47.9 Å². The number of aromatic nitrogens is 1. The molecule has 3 amide bonds. The molecular weight excluding hydrogens is 554 g/mol. The molecule has 10 nitrogen and oxygen atoms in total. The van der Waals surface area contributed by atoms with Gasteiger partial charge in [0.05, 0.1) is 6.04 Å². The number of hydrogen-bond donors (Lipinski definition) is 6. The molecule has 1 aromatic heterocycles. The lowest BCUT2D eigenvalue weighted by molar-refractivity contribution is -0.142. The molecule has 0 aliphatic heterocycles. The van der Waals surface area contributed by atoms with Crippen LogP contribution in [0.2, 0.25) is 0 Å². The van der Waals surface area contributed by atoms with Crippen molar-refractivity contribution in [3.8, 4) is 0 Å². The molecule has 3 rings (SSSR count). The molecule has 4 unspecified atom stereocenters. The molecule has 7 N–H and O–H groups in total. The summed E-state index contributed by atoms with van der Waals surface area (Å²) in [6.07, 6.45) is 4.63. The topological polar surface area (TPSA) is 166 Å². The maximum atomic E-state index is 13.7. The third kappa shape index (κ3) is 9.63. The van der Waals surface area contributed by atoms with Crippen LogP contribution in [-0.4, -0.2) is 70.0 Å². The third-order valence-electron chi connectivity index (χ3n) is 6.93. The van der Waals surface area contributed by atoms with Crippen LogP contribution in [0.3, 0.4) is 0 Å². The number of nitrogens with one attached hydrogen (secondary N) is 4. The van der Waals surface area contributed by atoms with Crippen LogP contribution in [0.1, 0.15) is 37.8 Å². The Labute approximate surface area is 250 Å². The second-order valence-corrected chi connectivity index (χ2v) is 11.8. The average molecular weight is 596 g/mol. The SMILES string of the molecule is CSCCC(NC(=O)C(CC(C)C)NC(=O)C(Cc1c[nH]c2ccccc12)NC(=O)C(N)Cc1ccccc1)C(=O)O. The van der Waals surface area contributed by atoms with Gasteiger partial charge in [0.15, 0.2) is 0 Å². The second-order valence-electron chi connectivity index (χ2n) is 10.8. The van der Waals surface area contributed by atoms with Crippen LogP contribution in [-0.2, 0) is 32.0 Å². The van der Waals surface area contributed by atoms with Crippen molar-refractivity contribution in [3.63, 3.8) is 0 Å². The number of carboxylic acids is 1. The first-order chi connectivity index (χ1) is 20.1. The third-order valence-corrected chi connectivity index (χ3v) is 7.58. The molecule has 0 saturated heterocycles. The summed E-state index contributed by atoms with van der Waals surface area (Å²) in [5.74, 6) is -2.19. The van der Waals surface area contributed by atoms with E-state index in [-0.39, 0.29) is 25.2 Å². The Bertz CT molecular complexity index is 1350. The van der Waals surface area contributed by atoms with Crippen molar-refractivity contribution < 1.29 is 24.3 Å². The number of aliphatic carboxylic acids is 1. The average Bonchev–Trinajstić information content (AvgIpc) is 3.37. The van der Waals surface area contributed by atoms with Crippen molar-refractivity contribution in [2.45, 2.75) is 63.7 Å². The number of aromatic amines is 1. The molecule has 0 bridgehead atoms. The van der Waals surface area contributed by atoms with Crippen molar-refractivity contribution in [1.29, 1.82) is 0 Å². The van der Waals surface area contributed by atoms with Crippen LogP contribution >= 0.6 is 11.8 Å². The fraction of sp³-hybridized carbons (Fsp3) is 0.419. The highest BCUT2D eigenvalue weighted by Crippen LogP contribution is 2.19. The molecule has 11 heteroatoms. The Morgan fingerprint density at radius 2 is 1.48 bits per heavy atom. The first kappa shape index (κ1) is 32.7. The minimum Gasteiger partial charge on any atom is -0.480 e. The zero-order valence-electron chi connectivity index (χ0n) is 24.3. The molecule has 3 aromatic rings. The number of para-hydroxylation sites is 1. The van der Waals surface area contributed by atoms with Gasteiger partial charge in [-0.2, -0.15) is 11.8 Å². The number of rotatable bonds is 16. The summed E-state index contributed by atoms with van der Waals surface area (Å²) in [6, 6.07) is 13.0. The fourth-order valence-electron chi connectivity index (χ4n) is 4.71. The van der Waals surface area contributed by atoms with Gasteiger partial charge in [0.1, 0.15) is 18.1 Å². The molecule has 226 valence electrons. The van der Waals surface area contributed by atoms with Crippen LogP contribution in [0.5, 0.6) is 0 Å². The number of carbonyl (C=O) groups is 4. The summed E-state index contributed by atoms with van der Waals surface area (Å²) >= 11 is 1.48. The molecule has 0 aliphatic carbocycles. The summed E-state index contributed by atoms with van der Waals surface area (Å²) in [6.45, 7) is 3.81. The minimum atomic E-state index is -1.14. The Hall–Kier alpha value is -3.83. The normalized spacial score (nSPS) is 14.1. The van der Waals surface area contributed by atoms with Gasteiger partial charge in [0.2, 0.25) is 17.7 Å². The zero-order valence-corrected chi connectivity index (χ0v) is 25.1. The van der Waals surface area contributed by atoms with Gasteiger partial charge in [-0.15, -0.1) is 0 Å². The van der Waals surface area contributed by atoms with E-state index in [9.17, 15) is 24.3 Å². The first-order valence-corrected chi connectivity index (χ1v) is 15.5. The molecule has 4 atom stereocenters. The van der Waals surface area contributed by atoms with E-state index in [0.29, 0.717) is 12.2 Å². The lowest BCUT2D eigenvalue weighted by Gasteiger charge is -2.26. The van der Waals surface area contributed by atoms with Gasteiger partial charge in [-0.25, -0.2) is 4.79 Å². The largest absolute Gasteiger partial charge is 0.480 e. The van der Waals surface area contributed by atoms with E-state index in [1.807, 2.05) is 74.7 Å². The lowest BCUT2D eigenvalue weighted by Crippen LogP contribution is -2.58. The summed E-state index contributed by atoms with van der Waals surface area (Å²) in [5, 5.41) is 18.7. The van der Waals surface area contributed by atoms with Gasteiger partial charge in [-0.1, -0.05) is 62.4 Å². The van der Waals surface area contributed by atoms with Crippen molar-refractivity contribution in [3.05, 3.63) is 71.9 Å². The smallest absolute Gasteiger partial charge is 0.326 e. The van der Waals surface area contributed by atoms with Crippen LogP contribution in [0.25, 0.3) is 10.9 Å². The first-order valence-electron chi connectivity index (χ1n) is 14.1. The number of fused-ring (bicyclic) bond motifs is 1. The molecular formula is C31H41N5O5S. The van der Waals surface area contributed by atoms with E-state index in [1.54, 1.807) is 6.20 Å². The quantitative estimate of drug-likeness (QED) is 0.148. The molecule has 0 fully saturated rings. The summed E-state index contributed by atoms with van der Waals surface area (Å²) in [4.78, 5) is 55.1. The predicted molar refractivity (Wildman–Crippen MR) is 166 cm³/mol. The van der Waals surface area contributed by atoms with Gasteiger partial charge in [0, 0.05) is 23.5 Å². The van der Waals surface area contributed by atoms with E-state index in [2.05, 4.69) is 20.9 Å². The molecule has 0 aliphatic rings. The molecule has 42 heavy (non-hydrogen) atoms. The Morgan fingerprint density at radius 1 is 0.857 bits per heavy atom. The van der Waals surface area contributed by atoms with Crippen LogP contribution in [0.4, 0.5) is 0 Å². The monoisotopic (exact) mass is 595 g/mol. The van der Waals surface area contributed by atoms with E-state index >= 15 is 0 Å². The Kier molecular flexibility index (Phi) is 12.4. The highest BCUT2D eigenvalue weighted by molar-refractivity contribution is 7.98. The number of carbonyl (C=O) groups excluding carboxylic acids is 3. The zero-order chi connectivity index (χ0) is 30.6. The summed E-state index contributed by atoms with van der Waals surface area (Å²) in [7, 11) is 0. The second kappa shape index (κ2) is 16.0. The van der Waals surface area contributed by atoms with Crippen molar-refractivity contribution in [2.75, 3.05) is 12.0 Å². The maximum absolute atomic E-state index is 13.7. The number of thioether (sulfide) groups is 1. The lowest BCUT2D eigenvalue weighted by atomic mass is 10.00. The summed E-state index contributed by atoms with van der Waals surface area (Å²) in [5.41, 5.74) is 8.82. The Morgan fingerprint density at radius 3 is 2.14 bits per heavy atom. The molecule has 0 radical (unpaired) electrons. The van der Waals surface area contributed by atoms with Gasteiger partial charge >= 0.3 is 5.97 Å². The van der Waals surface area contributed by atoms with E-state index in [1.165, 1.54) is 11.8 Å². The van der Waals surface area contributed by atoms with Gasteiger partial charge in [-0.05, 0) is 54.4 Å². The Balaban J connectivity index is 1.82. The van der Waals surface area contributed by atoms with Crippen LogP contribution in [0.15, 0.2) is 60.8 Å². The molecule has 0 saturated carbocycles. The maximum Gasteiger partial charge on any atom is 0.326 e. The van der Waals surface area contributed by atoms with E-state index in [0.717, 1.165) is 22.0 Å². The fourth-order valence-corrected chi connectivity index (χ4v) is 5.18. The number of amides is 3. The van der Waals surface area contributed by atoms with Gasteiger partial charge < -0.3 is 31.8 Å². The van der Waals surface area contributed by atoms with Crippen molar-refractivity contribution in [2.24, 2.45) is 11.7 Å². The molecule has 0 spiro atoms. The molecule has 1 heterocycles. The van der Waals surface area contributed by atoms with Gasteiger partial charge in [0.25, 0.3) is 0 Å². The van der Waals surface area contributed by atoms with Gasteiger partial charge in [-0.3, -0.25) is 14.4 Å². The molecule has 2 aromatic carbocycles. The minimum absolute atomic E-state index is 0.0245. The number of nitrogens with two attached hydrogens (primary N) is 1. The standard InChI is InChI=1S/C31H41N5O5S/c1-19(2)15-26(29(38)34-25(31(40)41)13-14-42-3)36-30(39)27(17-21-18-33-24-12-8-7-11-22(21)24)35-28(37)23(32)16-20-9-5-4-6-10-20/h4-12,18-19,23,25-27,33H,13-17,32H2,1-3H3,(H,34,38)(H,35,37)(H,36,39)(H,40,41). The highest BCUT2D eigenvalue weighted by Gasteiger charge is 2.31. The van der Waals surface area contributed by atoms with Crippen LogP contribution in [0, 0.1) is 5.92 Å². The van der Waals surface area contributed by atoms with Crippen molar-refractivity contribution >= 4 is 46.4 Å². The highest BCUT2D eigenvalue weighted by atomic mass is 32.2. The number of benzene rings is 2. The van der Waals surface area contributed by atoms with Crippen molar-refractivity contribution in [1.82, 2.24) is 20.9 Å². The summed E-state index contributed by atoms with van der Waals surface area (Å²) < 4.78 is 0. The van der Waals surface area contributed by atoms with E-state index in [4.69, 9.17) is 5.73 Å². The number of carboxylic acid groups (broad SMARTS) is 1. The number of H-pyrrole nitrogens is 1. The van der Waals surface area contributed by atoms with Crippen LogP contribution < -0.4 is 21.7 Å².